The standard InChI is InChI=1S/C20H17Cl2NO5S2/c1-12-13(2)20(24)19(29(25,26)16-7-3-14(21)4-8-16)11-18(12)23-30(27,28)17-9-5-15(22)6-10-17/h3-11,23-24H,1-2H3. The van der Waals surface area contributed by atoms with Crippen LogP contribution in [0.1, 0.15) is 11.1 Å². The zero-order valence-electron chi connectivity index (χ0n) is 15.8. The van der Waals surface area contributed by atoms with Gasteiger partial charge in [-0.15, -0.1) is 0 Å². The molecule has 0 aromatic heterocycles. The fourth-order valence-electron chi connectivity index (χ4n) is 2.74. The van der Waals surface area contributed by atoms with Gasteiger partial charge in [-0.2, -0.15) is 0 Å². The highest BCUT2D eigenvalue weighted by Crippen LogP contribution is 2.38. The van der Waals surface area contributed by atoms with Crippen LogP contribution in [0, 0.1) is 13.8 Å². The minimum absolute atomic E-state index is 0.0350. The second-order valence-corrected chi connectivity index (χ2v) is 11.0. The van der Waals surface area contributed by atoms with E-state index in [2.05, 4.69) is 4.72 Å². The molecule has 30 heavy (non-hydrogen) atoms. The number of hydrogen-bond donors (Lipinski definition) is 2. The summed E-state index contributed by atoms with van der Waals surface area (Å²) in [6.07, 6.45) is 0. The molecule has 0 unspecified atom stereocenters. The lowest BCUT2D eigenvalue weighted by atomic mass is 10.1. The van der Waals surface area contributed by atoms with Gasteiger partial charge < -0.3 is 5.11 Å². The number of nitrogens with one attached hydrogen (secondary N) is 1. The quantitative estimate of drug-likeness (QED) is 0.497. The Kier molecular flexibility index (Phi) is 6.06. The van der Waals surface area contributed by atoms with E-state index in [0.717, 1.165) is 6.07 Å². The van der Waals surface area contributed by atoms with Gasteiger partial charge in [0.1, 0.15) is 10.6 Å². The first-order valence-electron chi connectivity index (χ1n) is 8.55. The molecule has 0 heterocycles. The average Bonchev–Trinajstić information content (AvgIpc) is 2.69. The lowest BCUT2D eigenvalue weighted by Crippen LogP contribution is -2.15. The van der Waals surface area contributed by atoms with Crippen molar-refractivity contribution in [2.45, 2.75) is 28.5 Å². The Morgan fingerprint density at radius 2 is 1.23 bits per heavy atom. The van der Waals surface area contributed by atoms with Crippen molar-refractivity contribution in [2.24, 2.45) is 0 Å². The number of aromatic hydroxyl groups is 1. The summed E-state index contributed by atoms with van der Waals surface area (Å²) in [6, 6.07) is 12.1. The van der Waals surface area contributed by atoms with E-state index in [4.69, 9.17) is 23.2 Å². The van der Waals surface area contributed by atoms with Gasteiger partial charge in [-0.1, -0.05) is 23.2 Å². The Balaban J connectivity index is 2.13. The van der Waals surface area contributed by atoms with Crippen molar-refractivity contribution in [2.75, 3.05) is 4.72 Å². The first kappa shape index (κ1) is 22.4. The van der Waals surface area contributed by atoms with Gasteiger partial charge in [-0.3, -0.25) is 4.72 Å². The molecule has 3 rings (SSSR count). The van der Waals surface area contributed by atoms with Crippen LogP contribution in [-0.2, 0) is 19.9 Å². The molecule has 0 bridgehead atoms. The Morgan fingerprint density at radius 1 is 0.767 bits per heavy atom. The maximum atomic E-state index is 13.1. The van der Waals surface area contributed by atoms with Crippen LogP contribution in [0.5, 0.6) is 5.75 Å². The molecule has 0 aliphatic rings. The van der Waals surface area contributed by atoms with Crippen LogP contribution in [0.2, 0.25) is 10.0 Å². The van der Waals surface area contributed by atoms with Gasteiger partial charge >= 0.3 is 0 Å². The molecular formula is C20H17Cl2NO5S2. The van der Waals surface area contributed by atoms with Crippen LogP contribution < -0.4 is 4.72 Å². The van der Waals surface area contributed by atoms with Gasteiger partial charge in [0.05, 0.1) is 15.5 Å². The molecule has 0 radical (unpaired) electrons. The van der Waals surface area contributed by atoms with Crippen molar-refractivity contribution < 1.29 is 21.9 Å². The van der Waals surface area contributed by atoms with Gasteiger partial charge in [0.15, 0.2) is 0 Å². The normalized spacial score (nSPS) is 12.0. The molecule has 0 atom stereocenters. The molecule has 10 heteroatoms. The lowest BCUT2D eigenvalue weighted by Gasteiger charge is -2.17. The lowest BCUT2D eigenvalue weighted by molar-refractivity contribution is 0.454. The molecule has 0 saturated heterocycles. The van der Waals surface area contributed by atoms with Crippen LogP contribution in [0.25, 0.3) is 0 Å². The predicted octanol–water partition coefficient (Wildman–Crippen LogP) is 4.95. The first-order valence-corrected chi connectivity index (χ1v) is 12.3. The molecule has 0 aliphatic heterocycles. The van der Waals surface area contributed by atoms with Crippen molar-refractivity contribution >= 4 is 48.7 Å². The summed E-state index contributed by atoms with van der Waals surface area (Å²) in [4.78, 5) is -0.544. The first-order chi connectivity index (χ1) is 13.9. The van der Waals surface area contributed by atoms with Crippen LogP contribution in [-0.4, -0.2) is 21.9 Å². The van der Waals surface area contributed by atoms with Gasteiger partial charge in [0, 0.05) is 10.0 Å². The number of sulfonamides is 1. The molecule has 6 nitrogen and oxygen atoms in total. The monoisotopic (exact) mass is 485 g/mol. The van der Waals surface area contributed by atoms with Crippen molar-refractivity contribution in [1.82, 2.24) is 0 Å². The van der Waals surface area contributed by atoms with E-state index < -0.39 is 30.5 Å². The highest BCUT2D eigenvalue weighted by molar-refractivity contribution is 7.93. The second kappa shape index (κ2) is 8.11. The molecule has 158 valence electrons. The van der Waals surface area contributed by atoms with E-state index in [1.807, 2.05) is 0 Å². The number of rotatable bonds is 5. The number of anilines is 1. The molecule has 0 saturated carbocycles. The van der Waals surface area contributed by atoms with Crippen LogP contribution in [0.15, 0.2) is 69.3 Å². The van der Waals surface area contributed by atoms with Gasteiger partial charge in [-0.05, 0) is 79.6 Å². The van der Waals surface area contributed by atoms with Crippen molar-refractivity contribution in [3.05, 3.63) is 75.8 Å². The van der Waals surface area contributed by atoms with E-state index >= 15 is 0 Å². The third-order valence-electron chi connectivity index (χ3n) is 4.61. The average molecular weight is 486 g/mol. The molecule has 0 amide bonds. The summed E-state index contributed by atoms with van der Waals surface area (Å²) in [5.41, 5.74) is 0.659. The Bertz CT molecular complexity index is 1320. The van der Waals surface area contributed by atoms with Crippen LogP contribution in [0.4, 0.5) is 5.69 Å². The van der Waals surface area contributed by atoms with Gasteiger partial charge in [-0.25, -0.2) is 16.8 Å². The molecular weight excluding hydrogens is 469 g/mol. The van der Waals surface area contributed by atoms with Crippen LogP contribution >= 0.6 is 23.2 Å². The van der Waals surface area contributed by atoms with E-state index in [9.17, 15) is 21.9 Å². The number of halogens is 2. The van der Waals surface area contributed by atoms with Gasteiger partial charge in [0.2, 0.25) is 9.84 Å². The SMILES string of the molecule is Cc1c(NS(=O)(=O)c2ccc(Cl)cc2)cc(S(=O)(=O)c2ccc(Cl)cc2)c(O)c1C. The van der Waals surface area contributed by atoms with E-state index in [-0.39, 0.29) is 21.0 Å². The molecule has 0 fully saturated rings. The molecule has 3 aromatic carbocycles. The maximum Gasteiger partial charge on any atom is 0.261 e. The van der Waals surface area contributed by atoms with E-state index in [1.165, 1.54) is 55.5 Å². The number of phenolic OH excluding ortho intramolecular Hbond substituents is 1. The number of sulfone groups is 1. The van der Waals surface area contributed by atoms with Crippen molar-refractivity contribution in [3.8, 4) is 5.75 Å². The molecule has 0 spiro atoms. The highest BCUT2D eigenvalue weighted by Gasteiger charge is 2.26. The highest BCUT2D eigenvalue weighted by atomic mass is 35.5. The summed E-state index contributed by atoms with van der Waals surface area (Å²) in [7, 11) is -8.15. The number of hydrogen-bond acceptors (Lipinski definition) is 5. The minimum Gasteiger partial charge on any atom is -0.506 e. The van der Waals surface area contributed by atoms with Crippen molar-refractivity contribution in [1.29, 1.82) is 0 Å². The Hall–Kier alpha value is -2.26. The smallest absolute Gasteiger partial charge is 0.261 e. The number of phenols is 1. The fraction of sp³-hybridized carbons (Fsp3) is 0.100. The zero-order chi connectivity index (χ0) is 22.3. The summed E-state index contributed by atoms with van der Waals surface area (Å²) in [6.45, 7) is 3.08. The van der Waals surface area contributed by atoms with E-state index in [0.29, 0.717) is 15.6 Å². The van der Waals surface area contributed by atoms with Gasteiger partial charge in [0.25, 0.3) is 10.0 Å². The largest absolute Gasteiger partial charge is 0.506 e. The third kappa shape index (κ3) is 4.27. The summed E-state index contributed by atoms with van der Waals surface area (Å²) < 4.78 is 54.0. The summed E-state index contributed by atoms with van der Waals surface area (Å²) in [5, 5.41) is 11.2. The Labute approximate surface area is 185 Å². The zero-order valence-corrected chi connectivity index (χ0v) is 19.0. The maximum absolute atomic E-state index is 13.1. The second-order valence-electron chi connectivity index (χ2n) is 6.54. The predicted molar refractivity (Wildman–Crippen MR) is 117 cm³/mol. The van der Waals surface area contributed by atoms with Crippen LogP contribution in [0.3, 0.4) is 0 Å². The molecule has 2 N–H and O–H groups in total. The molecule has 3 aromatic rings. The minimum atomic E-state index is -4.13. The summed E-state index contributed by atoms with van der Waals surface area (Å²) in [5.74, 6) is -0.447. The van der Waals surface area contributed by atoms with E-state index in [1.54, 1.807) is 6.92 Å². The van der Waals surface area contributed by atoms with Crippen molar-refractivity contribution in [3.63, 3.8) is 0 Å². The molecule has 0 aliphatic carbocycles. The Morgan fingerprint density at radius 3 is 1.73 bits per heavy atom. The summed E-state index contributed by atoms with van der Waals surface area (Å²) >= 11 is 11.6. The topological polar surface area (TPSA) is 101 Å². The third-order valence-corrected chi connectivity index (χ3v) is 8.28. The number of benzene rings is 3. The fourth-order valence-corrected chi connectivity index (χ4v) is 5.54.